The van der Waals surface area contributed by atoms with Crippen molar-refractivity contribution in [3.8, 4) is 0 Å². The number of hydrogen-bond donors (Lipinski definition) is 0. The molecular weight excluding hydrogens is 366 g/mol. The lowest BCUT2D eigenvalue weighted by molar-refractivity contribution is 0.0435. The van der Waals surface area contributed by atoms with E-state index in [0.29, 0.717) is 31.0 Å². The Balaban J connectivity index is 1.59. The van der Waals surface area contributed by atoms with Gasteiger partial charge in [-0.3, -0.25) is 4.79 Å². The molecule has 0 saturated carbocycles. The van der Waals surface area contributed by atoms with Crippen LogP contribution in [0, 0.1) is 6.92 Å². The molecule has 3 rings (SSSR count). The fourth-order valence-electron chi connectivity index (χ4n) is 3.63. The van der Waals surface area contributed by atoms with Crippen LogP contribution in [0.25, 0.3) is 0 Å². The number of carbonyl (C=O) groups is 1. The van der Waals surface area contributed by atoms with Crippen molar-refractivity contribution >= 4 is 15.9 Å². The van der Waals surface area contributed by atoms with Crippen LogP contribution >= 0.6 is 0 Å². The monoisotopic (exact) mass is 395 g/mol. The van der Waals surface area contributed by atoms with Crippen molar-refractivity contribution in [3.05, 3.63) is 23.8 Å². The molecule has 1 aromatic rings. The summed E-state index contributed by atoms with van der Waals surface area (Å²) in [4.78, 5) is 24.6. The van der Waals surface area contributed by atoms with E-state index < -0.39 is 10.0 Å². The third kappa shape index (κ3) is 4.83. The number of rotatable bonds is 7. The molecule has 0 bridgehead atoms. The highest BCUT2D eigenvalue weighted by Gasteiger charge is 2.40. The van der Waals surface area contributed by atoms with Crippen LogP contribution in [0.5, 0.6) is 0 Å². The second kappa shape index (κ2) is 8.62. The van der Waals surface area contributed by atoms with Gasteiger partial charge in [-0.1, -0.05) is 6.42 Å². The molecule has 2 aliphatic heterocycles. The number of aryl methyl sites for hydroxylation is 1. The fourth-order valence-corrected chi connectivity index (χ4v) is 4.91. The minimum Gasteiger partial charge on any atom is -0.335 e. The van der Waals surface area contributed by atoms with Gasteiger partial charge in [0.1, 0.15) is 5.82 Å². The first-order valence-corrected chi connectivity index (χ1v) is 11.3. The summed E-state index contributed by atoms with van der Waals surface area (Å²) < 4.78 is 26.8. The number of nitrogens with zero attached hydrogens (tertiary/aromatic N) is 5. The smallest absolute Gasteiger partial charge is 0.257 e. The number of sulfonamides is 1. The minimum absolute atomic E-state index is 0.0866. The molecule has 0 aliphatic carbocycles. The average Bonchev–Trinajstić information content (AvgIpc) is 2.64. The maximum Gasteiger partial charge on any atom is 0.257 e. The van der Waals surface area contributed by atoms with E-state index in [1.165, 1.54) is 31.7 Å². The Morgan fingerprint density at radius 3 is 2.41 bits per heavy atom. The second-order valence-corrected chi connectivity index (χ2v) is 9.51. The van der Waals surface area contributed by atoms with Gasteiger partial charge in [0.05, 0.1) is 17.4 Å². The number of likely N-dealkylation sites (tertiary alicyclic amines) is 2. The Morgan fingerprint density at radius 2 is 1.81 bits per heavy atom. The fraction of sp³-hybridized carbons (Fsp3) is 0.722. The van der Waals surface area contributed by atoms with Gasteiger partial charge in [0, 0.05) is 38.6 Å². The number of amides is 1. The Labute approximate surface area is 161 Å². The van der Waals surface area contributed by atoms with Crippen LogP contribution in [0.3, 0.4) is 0 Å². The molecule has 0 aromatic carbocycles. The van der Waals surface area contributed by atoms with Crippen molar-refractivity contribution in [1.29, 1.82) is 0 Å². The molecule has 9 heteroatoms. The average molecular weight is 396 g/mol. The summed E-state index contributed by atoms with van der Waals surface area (Å²) in [5.74, 6) is 0.561. The van der Waals surface area contributed by atoms with Crippen LogP contribution in [0.15, 0.2) is 12.4 Å². The summed E-state index contributed by atoms with van der Waals surface area (Å²) in [6.45, 7) is 7.63. The molecule has 0 N–H and O–H groups in total. The molecule has 8 nitrogen and oxygen atoms in total. The maximum absolute atomic E-state index is 12.6. The normalized spacial score (nSPS) is 19.3. The molecule has 0 unspecified atom stereocenters. The van der Waals surface area contributed by atoms with Crippen molar-refractivity contribution < 1.29 is 13.2 Å². The molecule has 150 valence electrons. The summed E-state index contributed by atoms with van der Waals surface area (Å²) in [6, 6.07) is -0.143. The van der Waals surface area contributed by atoms with Crippen molar-refractivity contribution in [2.45, 2.75) is 39.2 Å². The van der Waals surface area contributed by atoms with E-state index in [1.807, 2.05) is 0 Å². The summed E-state index contributed by atoms with van der Waals surface area (Å²) >= 11 is 0. The van der Waals surface area contributed by atoms with E-state index in [9.17, 15) is 13.2 Å². The zero-order valence-corrected chi connectivity index (χ0v) is 17.0. The van der Waals surface area contributed by atoms with Crippen LogP contribution in [0.2, 0.25) is 0 Å². The molecular formula is C18H29N5O3S. The van der Waals surface area contributed by atoms with Crippen molar-refractivity contribution in [3.63, 3.8) is 0 Å². The first-order chi connectivity index (χ1) is 12.9. The van der Waals surface area contributed by atoms with Crippen LogP contribution in [-0.2, 0) is 10.0 Å². The Bertz CT molecular complexity index is 741. The van der Waals surface area contributed by atoms with Crippen LogP contribution in [0.4, 0.5) is 0 Å². The lowest BCUT2D eigenvalue weighted by atomic mass is 10.1. The highest BCUT2D eigenvalue weighted by molar-refractivity contribution is 7.89. The second-order valence-electron chi connectivity index (χ2n) is 7.30. The van der Waals surface area contributed by atoms with Gasteiger partial charge in [0.15, 0.2) is 0 Å². The molecule has 27 heavy (non-hydrogen) atoms. The summed E-state index contributed by atoms with van der Waals surface area (Å²) in [6.07, 6.45) is 6.68. The molecule has 1 amide bonds. The van der Waals surface area contributed by atoms with E-state index in [0.717, 1.165) is 19.6 Å². The third-order valence-corrected chi connectivity index (χ3v) is 7.32. The Morgan fingerprint density at radius 1 is 1.19 bits per heavy atom. The van der Waals surface area contributed by atoms with Crippen molar-refractivity contribution in [1.82, 2.24) is 24.1 Å². The summed E-state index contributed by atoms with van der Waals surface area (Å²) in [5.41, 5.74) is 0.442. The topological polar surface area (TPSA) is 86.7 Å². The predicted molar refractivity (Wildman–Crippen MR) is 103 cm³/mol. The first-order valence-electron chi connectivity index (χ1n) is 9.70. The van der Waals surface area contributed by atoms with Crippen LogP contribution in [-0.4, -0.2) is 89.5 Å². The zero-order chi connectivity index (χ0) is 19.4. The van der Waals surface area contributed by atoms with E-state index in [-0.39, 0.29) is 17.7 Å². The third-order valence-electron chi connectivity index (χ3n) is 5.39. The number of aromatic nitrogens is 2. The Hall–Kier alpha value is -1.58. The van der Waals surface area contributed by atoms with Gasteiger partial charge >= 0.3 is 0 Å². The molecule has 0 atom stereocenters. The van der Waals surface area contributed by atoms with Crippen molar-refractivity contribution in [2.24, 2.45) is 0 Å². The number of carbonyl (C=O) groups excluding carboxylic acids is 1. The van der Waals surface area contributed by atoms with E-state index in [1.54, 1.807) is 23.1 Å². The van der Waals surface area contributed by atoms with Crippen molar-refractivity contribution in [2.75, 3.05) is 45.0 Å². The van der Waals surface area contributed by atoms with Gasteiger partial charge in [-0.2, -0.15) is 4.31 Å². The molecule has 2 saturated heterocycles. The minimum atomic E-state index is -3.30. The highest BCUT2D eigenvalue weighted by Crippen LogP contribution is 2.21. The van der Waals surface area contributed by atoms with Gasteiger partial charge in [0.25, 0.3) is 5.91 Å². The van der Waals surface area contributed by atoms with E-state index in [2.05, 4.69) is 14.9 Å². The molecule has 2 aliphatic rings. The number of hydrogen-bond acceptors (Lipinski definition) is 6. The largest absolute Gasteiger partial charge is 0.335 e. The molecule has 2 fully saturated rings. The quantitative estimate of drug-likeness (QED) is 0.677. The summed E-state index contributed by atoms with van der Waals surface area (Å²) in [7, 11) is -3.30. The van der Waals surface area contributed by atoms with Gasteiger partial charge in [-0.05, 0) is 39.8 Å². The lowest BCUT2D eigenvalue weighted by Crippen LogP contribution is -2.63. The number of piperidine rings is 1. The molecule has 1 aromatic heterocycles. The van der Waals surface area contributed by atoms with Gasteiger partial charge in [-0.15, -0.1) is 0 Å². The molecule has 0 spiro atoms. The maximum atomic E-state index is 12.6. The van der Waals surface area contributed by atoms with E-state index >= 15 is 0 Å². The summed E-state index contributed by atoms with van der Waals surface area (Å²) in [5, 5.41) is 0. The first kappa shape index (κ1) is 20.2. The molecule has 3 heterocycles. The van der Waals surface area contributed by atoms with Crippen LogP contribution < -0.4 is 0 Å². The van der Waals surface area contributed by atoms with Gasteiger partial charge in [0.2, 0.25) is 10.0 Å². The standard InChI is InChI=1S/C18H29N5O3S/c1-3-27(25,26)23(10-9-21-7-5-4-6-8-21)17-13-22(14-17)18(24)16-11-19-15(2)20-12-16/h11-12,17H,3-10,13-14H2,1-2H3. The molecule has 0 radical (unpaired) electrons. The van der Waals surface area contributed by atoms with E-state index in [4.69, 9.17) is 0 Å². The van der Waals surface area contributed by atoms with Gasteiger partial charge < -0.3 is 9.80 Å². The zero-order valence-electron chi connectivity index (χ0n) is 16.2. The highest BCUT2D eigenvalue weighted by atomic mass is 32.2. The Kier molecular flexibility index (Phi) is 6.44. The van der Waals surface area contributed by atoms with Crippen LogP contribution in [0.1, 0.15) is 42.4 Å². The lowest BCUT2D eigenvalue weighted by Gasteiger charge is -2.45. The van der Waals surface area contributed by atoms with Gasteiger partial charge in [-0.25, -0.2) is 18.4 Å². The SMILES string of the molecule is CCS(=O)(=O)N(CCN1CCCCC1)C1CN(C(=O)c2cnc(C)nc2)C1. The predicted octanol–water partition coefficient (Wildman–Crippen LogP) is 0.747.